The van der Waals surface area contributed by atoms with Gasteiger partial charge < -0.3 is 20.1 Å². The van der Waals surface area contributed by atoms with E-state index in [1.807, 2.05) is 4.90 Å². The maximum atomic E-state index is 13.3. The number of ether oxygens (including phenoxy) is 2. The second-order valence-electron chi connectivity index (χ2n) is 7.15. The van der Waals surface area contributed by atoms with E-state index in [4.69, 9.17) is 9.47 Å². The SMILES string of the molecule is COc1ccc(NC(=O)CN2CCC(NC(=O)c3cccc(F)c3)CC2)c(OC)c1. The molecule has 0 aliphatic carbocycles. The van der Waals surface area contributed by atoms with Crippen molar-refractivity contribution in [3.05, 3.63) is 53.8 Å². The number of nitrogens with zero attached hydrogens (tertiary/aromatic N) is 1. The zero-order valence-corrected chi connectivity index (χ0v) is 17.1. The first-order valence-corrected chi connectivity index (χ1v) is 9.79. The third-order valence-corrected chi connectivity index (χ3v) is 5.06. The van der Waals surface area contributed by atoms with Crippen LogP contribution >= 0.6 is 0 Å². The maximum Gasteiger partial charge on any atom is 0.251 e. The lowest BCUT2D eigenvalue weighted by Gasteiger charge is -2.31. The topological polar surface area (TPSA) is 79.9 Å². The van der Waals surface area contributed by atoms with Crippen LogP contribution in [0.2, 0.25) is 0 Å². The molecule has 30 heavy (non-hydrogen) atoms. The zero-order chi connectivity index (χ0) is 21.5. The summed E-state index contributed by atoms with van der Waals surface area (Å²) in [6.07, 6.45) is 1.44. The van der Waals surface area contributed by atoms with E-state index >= 15 is 0 Å². The van der Waals surface area contributed by atoms with Crippen LogP contribution in [0.15, 0.2) is 42.5 Å². The summed E-state index contributed by atoms with van der Waals surface area (Å²) in [7, 11) is 3.10. The Balaban J connectivity index is 1.46. The quantitative estimate of drug-likeness (QED) is 0.727. The number of methoxy groups -OCH3 is 2. The van der Waals surface area contributed by atoms with Gasteiger partial charge in [-0.15, -0.1) is 0 Å². The minimum atomic E-state index is -0.433. The van der Waals surface area contributed by atoms with Crippen molar-refractivity contribution < 1.29 is 23.5 Å². The lowest BCUT2D eigenvalue weighted by Crippen LogP contribution is -2.46. The van der Waals surface area contributed by atoms with Gasteiger partial charge in [-0.1, -0.05) is 6.07 Å². The highest BCUT2D eigenvalue weighted by Gasteiger charge is 2.23. The van der Waals surface area contributed by atoms with Crippen LogP contribution in [-0.4, -0.2) is 56.6 Å². The molecule has 1 saturated heterocycles. The van der Waals surface area contributed by atoms with E-state index in [-0.39, 0.29) is 24.4 Å². The van der Waals surface area contributed by atoms with Crippen LogP contribution < -0.4 is 20.1 Å². The average molecular weight is 415 g/mol. The number of anilines is 1. The van der Waals surface area contributed by atoms with Gasteiger partial charge in [0.15, 0.2) is 0 Å². The minimum absolute atomic E-state index is 0.00163. The largest absolute Gasteiger partial charge is 0.497 e. The lowest BCUT2D eigenvalue weighted by atomic mass is 10.0. The number of piperidine rings is 1. The Morgan fingerprint density at radius 1 is 1.10 bits per heavy atom. The molecule has 0 atom stereocenters. The number of halogens is 1. The Hall–Kier alpha value is -3.13. The van der Waals surface area contributed by atoms with E-state index < -0.39 is 5.82 Å². The van der Waals surface area contributed by atoms with Crippen molar-refractivity contribution in [3.8, 4) is 11.5 Å². The molecule has 3 rings (SSSR count). The van der Waals surface area contributed by atoms with Gasteiger partial charge in [-0.2, -0.15) is 0 Å². The van der Waals surface area contributed by atoms with Crippen LogP contribution in [0.25, 0.3) is 0 Å². The van der Waals surface area contributed by atoms with Crippen molar-refractivity contribution in [3.63, 3.8) is 0 Å². The average Bonchev–Trinajstić information content (AvgIpc) is 2.75. The van der Waals surface area contributed by atoms with E-state index in [0.29, 0.717) is 35.8 Å². The molecular weight excluding hydrogens is 389 g/mol. The van der Waals surface area contributed by atoms with E-state index in [0.717, 1.165) is 12.8 Å². The highest BCUT2D eigenvalue weighted by Crippen LogP contribution is 2.29. The first kappa shape index (κ1) is 21.6. The molecule has 2 N–H and O–H groups in total. The fraction of sp³-hybridized carbons (Fsp3) is 0.364. The Morgan fingerprint density at radius 3 is 2.53 bits per heavy atom. The van der Waals surface area contributed by atoms with Crippen LogP contribution in [0.4, 0.5) is 10.1 Å². The molecule has 0 spiro atoms. The first-order chi connectivity index (χ1) is 14.5. The van der Waals surface area contributed by atoms with Gasteiger partial charge in [-0.3, -0.25) is 14.5 Å². The summed E-state index contributed by atoms with van der Waals surface area (Å²) in [6, 6.07) is 10.8. The van der Waals surface area contributed by atoms with Gasteiger partial charge in [-0.05, 0) is 43.2 Å². The molecular formula is C22H26FN3O4. The van der Waals surface area contributed by atoms with Gasteiger partial charge in [0, 0.05) is 30.8 Å². The Bertz CT molecular complexity index is 898. The summed E-state index contributed by atoms with van der Waals surface area (Å²) in [4.78, 5) is 26.7. The third kappa shape index (κ3) is 5.70. The molecule has 1 aliphatic heterocycles. The molecule has 0 bridgehead atoms. The summed E-state index contributed by atoms with van der Waals surface area (Å²) in [5, 5.41) is 5.80. The van der Waals surface area contributed by atoms with Crippen molar-refractivity contribution in [2.75, 3.05) is 39.2 Å². The van der Waals surface area contributed by atoms with Crippen LogP contribution in [0.5, 0.6) is 11.5 Å². The molecule has 0 saturated carbocycles. The zero-order valence-electron chi connectivity index (χ0n) is 17.1. The Labute approximate surface area is 175 Å². The number of benzene rings is 2. The molecule has 1 heterocycles. The highest BCUT2D eigenvalue weighted by molar-refractivity contribution is 5.94. The number of hydrogen-bond donors (Lipinski definition) is 2. The number of carbonyl (C=O) groups is 2. The standard InChI is InChI=1S/C22H26FN3O4/c1-29-18-6-7-19(20(13-18)30-2)25-21(27)14-26-10-8-17(9-11-26)24-22(28)15-4-3-5-16(23)12-15/h3-7,12-13,17H,8-11,14H2,1-2H3,(H,24,28)(H,25,27). The van der Waals surface area contributed by atoms with Gasteiger partial charge in [0.25, 0.3) is 5.91 Å². The maximum absolute atomic E-state index is 13.3. The smallest absolute Gasteiger partial charge is 0.251 e. The molecule has 1 aliphatic rings. The lowest BCUT2D eigenvalue weighted by molar-refractivity contribution is -0.117. The second kappa shape index (κ2) is 10.1. The van der Waals surface area contributed by atoms with Crippen molar-refractivity contribution in [2.45, 2.75) is 18.9 Å². The summed E-state index contributed by atoms with van der Waals surface area (Å²) in [6.45, 7) is 1.61. The summed E-state index contributed by atoms with van der Waals surface area (Å²) < 4.78 is 23.7. The number of rotatable bonds is 7. The molecule has 7 nitrogen and oxygen atoms in total. The predicted molar refractivity (Wildman–Crippen MR) is 112 cm³/mol. The van der Waals surface area contributed by atoms with E-state index in [2.05, 4.69) is 10.6 Å². The second-order valence-corrected chi connectivity index (χ2v) is 7.15. The number of likely N-dealkylation sites (tertiary alicyclic amines) is 1. The minimum Gasteiger partial charge on any atom is -0.497 e. The summed E-state index contributed by atoms with van der Waals surface area (Å²) >= 11 is 0. The molecule has 8 heteroatoms. The highest BCUT2D eigenvalue weighted by atomic mass is 19.1. The van der Waals surface area contributed by atoms with Gasteiger partial charge in [0.2, 0.25) is 5.91 Å². The number of carbonyl (C=O) groups excluding carboxylic acids is 2. The van der Waals surface area contributed by atoms with Gasteiger partial charge in [0.1, 0.15) is 17.3 Å². The molecule has 1 fully saturated rings. The van der Waals surface area contributed by atoms with Crippen LogP contribution in [0.3, 0.4) is 0 Å². The van der Waals surface area contributed by atoms with E-state index in [1.165, 1.54) is 25.3 Å². The van der Waals surface area contributed by atoms with Crippen molar-refractivity contribution in [1.29, 1.82) is 0 Å². The monoisotopic (exact) mass is 415 g/mol. The Morgan fingerprint density at radius 2 is 1.87 bits per heavy atom. The number of amides is 2. The van der Waals surface area contributed by atoms with Gasteiger partial charge in [-0.25, -0.2) is 4.39 Å². The van der Waals surface area contributed by atoms with Crippen molar-refractivity contribution >= 4 is 17.5 Å². The molecule has 160 valence electrons. The molecule has 2 aromatic rings. The fourth-order valence-electron chi connectivity index (χ4n) is 3.43. The van der Waals surface area contributed by atoms with Crippen molar-refractivity contribution in [1.82, 2.24) is 10.2 Å². The van der Waals surface area contributed by atoms with Gasteiger partial charge in [0.05, 0.1) is 26.5 Å². The fourth-order valence-corrected chi connectivity index (χ4v) is 3.43. The predicted octanol–water partition coefficient (Wildman–Crippen LogP) is 2.68. The normalized spacial score (nSPS) is 14.8. The van der Waals surface area contributed by atoms with Gasteiger partial charge >= 0.3 is 0 Å². The number of hydrogen-bond acceptors (Lipinski definition) is 5. The third-order valence-electron chi connectivity index (χ3n) is 5.06. The Kier molecular flexibility index (Phi) is 7.24. The van der Waals surface area contributed by atoms with Crippen LogP contribution in [0.1, 0.15) is 23.2 Å². The molecule has 0 aromatic heterocycles. The summed E-state index contributed by atoms with van der Waals surface area (Å²) in [5.74, 6) is 0.323. The molecule has 0 radical (unpaired) electrons. The molecule has 2 aromatic carbocycles. The molecule has 0 unspecified atom stereocenters. The first-order valence-electron chi connectivity index (χ1n) is 9.79. The summed E-state index contributed by atoms with van der Waals surface area (Å²) in [5.41, 5.74) is 0.894. The van der Waals surface area contributed by atoms with Crippen molar-refractivity contribution in [2.24, 2.45) is 0 Å². The number of nitrogens with one attached hydrogen (secondary N) is 2. The van der Waals surface area contributed by atoms with E-state index in [9.17, 15) is 14.0 Å². The van der Waals surface area contributed by atoms with E-state index in [1.54, 1.807) is 31.4 Å². The van der Waals surface area contributed by atoms with Crippen LogP contribution in [0, 0.1) is 5.82 Å². The van der Waals surface area contributed by atoms with Crippen LogP contribution in [-0.2, 0) is 4.79 Å². The molecule has 2 amide bonds.